The third kappa shape index (κ3) is 3.39. The fourth-order valence-electron chi connectivity index (χ4n) is 1.31. The van der Waals surface area contributed by atoms with E-state index in [2.05, 4.69) is 4.98 Å². The summed E-state index contributed by atoms with van der Waals surface area (Å²) in [5, 5.41) is 0.356. The van der Waals surface area contributed by atoms with Gasteiger partial charge in [0.25, 0.3) is 0 Å². The van der Waals surface area contributed by atoms with Crippen molar-refractivity contribution in [2.24, 2.45) is 0 Å². The largest absolute Gasteiger partial charge is 0.487 e. The average Bonchev–Trinajstić information content (AvgIpc) is 2.27. The van der Waals surface area contributed by atoms with Crippen LogP contribution in [0.2, 0.25) is 5.15 Å². The van der Waals surface area contributed by atoms with E-state index in [0.29, 0.717) is 16.5 Å². The topological polar surface area (TPSA) is 22.1 Å². The molecule has 0 aliphatic heterocycles. The molecule has 0 aliphatic carbocycles. The van der Waals surface area contributed by atoms with Crippen LogP contribution in [0.3, 0.4) is 0 Å². The van der Waals surface area contributed by atoms with Crippen molar-refractivity contribution in [1.82, 2.24) is 4.98 Å². The predicted octanol–water partition coefficient (Wildman–Crippen LogP) is 3.59. The SMILES string of the molecule is Fc1cc(F)cc(COc2ccc(Cl)nc2)c1. The van der Waals surface area contributed by atoms with Gasteiger partial charge in [-0.1, -0.05) is 11.6 Å². The highest BCUT2D eigenvalue weighted by Crippen LogP contribution is 2.15. The highest BCUT2D eigenvalue weighted by atomic mass is 35.5. The van der Waals surface area contributed by atoms with Gasteiger partial charge in [-0.2, -0.15) is 0 Å². The van der Waals surface area contributed by atoms with E-state index in [-0.39, 0.29) is 6.61 Å². The third-order valence-corrected chi connectivity index (χ3v) is 2.25. The molecular formula is C12H8ClF2NO. The summed E-state index contributed by atoms with van der Waals surface area (Å²) < 4.78 is 31.1. The molecule has 0 amide bonds. The maximum Gasteiger partial charge on any atom is 0.138 e. The Morgan fingerprint density at radius 2 is 1.82 bits per heavy atom. The third-order valence-electron chi connectivity index (χ3n) is 2.03. The molecule has 0 unspecified atom stereocenters. The van der Waals surface area contributed by atoms with Crippen molar-refractivity contribution in [3.63, 3.8) is 0 Å². The van der Waals surface area contributed by atoms with Crippen LogP contribution in [0.4, 0.5) is 8.78 Å². The van der Waals surface area contributed by atoms with E-state index in [4.69, 9.17) is 16.3 Å². The van der Waals surface area contributed by atoms with Crippen molar-refractivity contribution >= 4 is 11.6 Å². The first kappa shape index (κ1) is 11.8. The maximum absolute atomic E-state index is 12.9. The first-order valence-electron chi connectivity index (χ1n) is 4.83. The molecule has 0 fully saturated rings. The molecule has 0 spiro atoms. The Morgan fingerprint density at radius 1 is 1.12 bits per heavy atom. The second-order valence-corrected chi connectivity index (χ2v) is 3.77. The Labute approximate surface area is 102 Å². The number of rotatable bonds is 3. The minimum atomic E-state index is -0.627. The Balaban J connectivity index is 2.04. The van der Waals surface area contributed by atoms with Crippen LogP contribution >= 0.6 is 11.6 Å². The molecule has 0 atom stereocenters. The van der Waals surface area contributed by atoms with Crippen molar-refractivity contribution in [2.45, 2.75) is 6.61 Å². The summed E-state index contributed by atoms with van der Waals surface area (Å²) in [6.07, 6.45) is 1.44. The molecule has 1 heterocycles. The zero-order chi connectivity index (χ0) is 12.3. The van der Waals surface area contributed by atoms with E-state index in [0.717, 1.165) is 6.07 Å². The second kappa shape index (κ2) is 5.10. The molecule has 2 nitrogen and oxygen atoms in total. The number of aromatic nitrogens is 1. The van der Waals surface area contributed by atoms with Gasteiger partial charge in [0.1, 0.15) is 29.1 Å². The standard InChI is InChI=1S/C12H8ClF2NO/c13-12-2-1-11(6-16-12)17-7-8-3-9(14)5-10(15)4-8/h1-6H,7H2. The van der Waals surface area contributed by atoms with Crippen molar-refractivity contribution < 1.29 is 13.5 Å². The van der Waals surface area contributed by atoms with Crippen LogP contribution in [0.15, 0.2) is 36.5 Å². The Morgan fingerprint density at radius 3 is 2.41 bits per heavy atom. The summed E-state index contributed by atoms with van der Waals surface area (Å²) in [7, 11) is 0. The fraction of sp³-hybridized carbons (Fsp3) is 0.0833. The van der Waals surface area contributed by atoms with Gasteiger partial charge in [0.05, 0.1) is 6.20 Å². The highest BCUT2D eigenvalue weighted by molar-refractivity contribution is 6.29. The molecule has 88 valence electrons. The number of nitrogens with zero attached hydrogens (tertiary/aromatic N) is 1. The van der Waals surface area contributed by atoms with Crippen molar-refractivity contribution in [3.05, 3.63) is 58.9 Å². The van der Waals surface area contributed by atoms with E-state index in [1.807, 2.05) is 0 Å². The van der Waals surface area contributed by atoms with E-state index >= 15 is 0 Å². The molecule has 0 N–H and O–H groups in total. The van der Waals surface area contributed by atoms with Crippen LogP contribution in [-0.2, 0) is 6.61 Å². The monoisotopic (exact) mass is 255 g/mol. The van der Waals surface area contributed by atoms with Gasteiger partial charge in [-0.05, 0) is 29.8 Å². The Hall–Kier alpha value is -1.68. The first-order valence-corrected chi connectivity index (χ1v) is 5.20. The van der Waals surface area contributed by atoms with Gasteiger partial charge in [-0.25, -0.2) is 13.8 Å². The van der Waals surface area contributed by atoms with Crippen LogP contribution in [0.5, 0.6) is 5.75 Å². The lowest BCUT2D eigenvalue weighted by atomic mass is 10.2. The van der Waals surface area contributed by atoms with Crippen molar-refractivity contribution in [1.29, 1.82) is 0 Å². The molecule has 1 aromatic heterocycles. The van der Waals surface area contributed by atoms with Gasteiger partial charge in [0.2, 0.25) is 0 Å². The van der Waals surface area contributed by atoms with Crippen molar-refractivity contribution in [3.8, 4) is 5.75 Å². The summed E-state index contributed by atoms with van der Waals surface area (Å²) >= 11 is 5.60. The summed E-state index contributed by atoms with van der Waals surface area (Å²) in [5.41, 5.74) is 0.414. The molecule has 1 aromatic carbocycles. The van der Waals surface area contributed by atoms with Gasteiger partial charge < -0.3 is 4.74 Å². The number of halogens is 3. The number of pyridine rings is 1. The maximum atomic E-state index is 12.9. The minimum absolute atomic E-state index is 0.0675. The van der Waals surface area contributed by atoms with Gasteiger partial charge in [-0.3, -0.25) is 0 Å². The molecule has 2 aromatic rings. The van der Waals surface area contributed by atoms with Crippen LogP contribution in [-0.4, -0.2) is 4.98 Å². The van der Waals surface area contributed by atoms with Crippen LogP contribution < -0.4 is 4.74 Å². The number of hydrogen-bond acceptors (Lipinski definition) is 2. The molecule has 5 heteroatoms. The first-order chi connectivity index (χ1) is 8.13. The second-order valence-electron chi connectivity index (χ2n) is 3.38. The zero-order valence-electron chi connectivity index (χ0n) is 8.66. The van der Waals surface area contributed by atoms with Gasteiger partial charge >= 0.3 is 0 Å². The molecule has 0 bridgehead atoms. The Kier molecular flexibility index (Phi) is 3.54. The van der Waals surface area contributed by atoms with Gasteiger partial charge in [0.15, 0.2) is 0 Å². The van der Waals surface area contributed by atoms with Crippen molar-refractivity contribution in [2.75, 3.05) is 0 Å². The molecule has 17 heavy (non-hydrogen) atoms. The molecule has 0 aliphatic rings. The van der Waals surface area contributed by atoms with Gasteiger partial charge in [-0.15, -0.1) is 0 Å². The zero-order valence-corrected chi connectivity index (χ0v) is 9.42. The number of ether oxygens (including phenoxy) is 1. The average molecular weight is 256 g/mol. The quantitative estimate of drug-likeness (QED) is 0.782. The van der Waals surface area contributed by atoms with E-state index in [1.165, 1.54) is 18.3 Å². The Bertz CT molecular complexity index is 496. The lowest BCUT2D eigenvalue weighted by molar-refractivity contribution is 0.303. The summed E-state index contributed by atoms with van der Waals surface area (Å²) in [4.78, 5) is 3.82. The summed E-state index contributed by atoms with van der Waals surface area (Å²) in [6, 6.07) is 6.44. The number of hydrogen-bond donors (Lipinski definition) is 0. The van der Waals surface area contributed by atoms with E-state index < -0.39 is 11.6 Å². The lowest BCUT2D eigenvalue weighted by Gasteiger charge is -2.06. The summed E-state index contributed by atoms with van der Waals surface area (Å²) in [5.74, 6) is -0.769. The van der Waals surface area contributed by atoms with Crippen LogP contribution in [0, 0.1) is 11.6 Å². The molecule has 2 rings (SSSR count). The normalized spacial score (nSPS) is 10.3. The number of benzene rings is 1. The van der Waals surface area contributed by atoms with Crippen LogP contribution in [0.25, 0.3) is 0 Å². The molecule has 0 saturated carbocycles. The van der Waals surface area contributed by atoms with E-state index in [9.17, 15) is 8.78 Å². The van der Waals surface area contributed by atoms with Gasteiger partial charge in [0, 0.05) is 6.07 Å². The predicted molar refractivity (Wildman–Crippen MR) is 59.9 cm³/mol. The fourth-order valence-corrected chi connectivity index (χ4v) is 1.42. The van der Waals surface area contributed by atoms with Crippen LogP contribution in [0.1, 0.15) is 5.56 Å². The van der Waals surface area contributed by atoms with E-state index in [1.54, 1.807) is 12.1 Å². The summed E-state index contributed by atoms with van der Waals surface area (Å²) in [6.45, 7) is 0.0675. The lowest BCUT2D eigenvalue weighted by Crippen LogP contribution is -1.97. The smallest absolute Gasteiger partial charge is 0.138 e. The molecule has 0 saturated heterocycles. The molecule has 0 radical (unpaired) electrons. The molecular weight excluding hydrogens is 248 g/mol. The minimum Gasteiger partial charge on any atom is -0.487 e. The highest BCUT2D eigenvalue weighted by Gasteiger charge is 2.02.